The Kier molecular flexibility index (Phi) is 5.64. The van der Waals surface area contributed by atoms with Crippen LogP contribution in [-0.2, 0) is 4.79 Å². The molecule has 2 aromatic carbocycles. The highest BCUT2D eigenvalue weighted by Crippen LogP contribution is 2.36. The number of amides is 1. The van der Waals surface area contributed by atoms with E-state index in [9.17, 15) is 4.79 Å². The van der Waals surface area contributed by atoms with E-state index in [1.165, 1.54) is 11.9 Å². The Balaban J connectivity index is 1.91. The van der Waals surface area contributed by atoms with E-state index in [4.69, 9.17) is 14.2 Å². The molecule has 27 heavy (non-hydrogen) atoms. The first-order valence-electron chi connectivity index (χ1n) is 8.89. The van der Waals surface area contributed by atoms with Crippen LogP contribution in [0.2, 0.25) is 0 Å². The predicted octanol–water partition coefficient (Wildman–Crippen LogP) is 3.80. The number of hydrogen-bond donors (Lipinski definition) is 0. The molecule has 0 saturated carbocycles. The van der Waals surface area contributed by atoms with Crippen molar-refractivity contribution in [3.63, 3.8) is 0 Å². The molecule has 0 fully saturated rings. The van der Waals surface area contributed by atoms with Gasteiger partial charge in [0.25, 0.3) is 0 Å². The largest absolute Gasteiger partial charge is 0.497 e. The van der Waals surface area contributed by atoms with Gasteiger partial charge in [-0.2, -0.15) is 5.10 Å². The summed E-state index contributed by atoms with van der Waals surface area (Å²) in [6, 6.07) is 13.2. The van der Waals surface area contributed by atoms with Gasteiger partial charge in [-0.15, -0.1) is 0 Å². The number of nitrogens with zero attached hydrogens (tertiary/aromatic N) is 2. The highest BCUT2D eigenvalue weighted by atomic mass is 16.5. The number of carbonyl (C=O) groups is 1. The highest BCUT2D eigenvalue weighted by molar-refractivity contribution is 6.03. The fourth-order valence-electron chi connectivity index (χ4n) is 3.17. The first-order valence-corrected chi connectivity index (χ1v) is 8.89. The van der Waals surface area contributed by atoms with E-state index in [1.54, 1.807) is 14.2 Å². The van der Waals surface area contributed by atoms with Crippen LogP contribution in [0.4, 0.5) is 0 Å². The standard InChI is InChI=1S/C21H24N2O4/c1-5-27-17-8-6-15(7-9-17)20-13-21(23(22-20)14(2)24)16-10-18(25-3)12-19(11-16)26-4/h6-12,21H,5,13H2,1-4H3. The van der Waals surface area contributed by atoms with Crippen molar-refractivity contribution in [2.24, 2.45) is 5.10 Å². The van der Waals surface area contributed by atoms with E-state index < -0.39 is 0 Å². The van der Waals surface area contributed by atoms with Crippen LogP contribution in [0, 0.1) is 0 Å². The third-order valence-electron chi connectivity index (χ3n) is 4.49. The van der Waals surface area contributed by atoms with Gasteiger partial charge in [-0.3, -0.25) is 4.79 Å². The number of methoxy groups -OCH3 is 2. The molecule has 1 aliphatic rings. The smallest absolute Gasteiger partial charge is 0.240 e. The minimum Gasteiger partial charge on any atom is -0.497 e. The number of rotatable bonds is 6. The van der Waals surface area contributed by atoms with Gasteiger partial charge in [0.2, 0.25) is 5.91 Å². The van der Waals surface area contributed by atoms with Crippen molar-refractivity contribution >= 4 is 11.6 Å². The van der Waals surface area contributed by atoms with E-state index in [2.05, 4.69) is 5.10 Å². The zero-order valence-corrected chi connectivity index (χ0v) is 16.1. The van der Waals surface area contributed by atoms with E-state index in [0.29, 0.717) is 24.5 Å². The third-order valence-corrected chi connectivity index (χ3v) is 4.49. The SMILES string of the molecule is CCOc1ccc(C2=NN(C(C)=O)C(c3cc(OC)cc(OC)c3)C2)cc1. The molecule has 6 heteroatoms. The maximum absolute atomic E-state index is 12.2. The molecule has 1 amide bonds. The number of carbonyl (C=O) groups excluding carboxylic acids is 1. The van der Waals surface area contributed by atoms with Crippen LogP contribution in [0.15, 0.2) is 47.6 Å². The molecule has 1 aliphatic heterocycles. The van der Waals surface area contributed by atoms with Crippen LogP contribution in [0.3, 0.4) is 0 Å². The van der Waals surface area contributed by atoms with Crippen molar-refractivity contribution in [1.29, 1.82) is 0 Å². The van der Waals surface area contributed by atoms with Crippen LogP contribution in [0.1, 0.15) is 37.4 Å². The summed E-state index contributed by atoms with van der Waals surface area (Å²) in [6.07, 6.45) is 0.615. The molecule has 0 radical (unpaired) electrons. The summed E-state index contributed by atoms with van der Waals surface area (Å²) in [5, 5.41) is 6.11. The Morgan fingerprint density at radius 3 is 2.22 bits per heavy atom. The Bertz CT molecular complexity index is 824. The van der Waals surface area contributed by atoms with Crippen molar-refractivity contribution in [1.82, 2.24) is 5.01 Å². The number of hydrazone groups is 1. The lowest BCUT2D eigenvalue weighted by Crippen LogP contribution is -2.24. The average molecular weight is 368 g/mol. The summed E-state index contributed by atoms with van der Waals surface area (Å²) in [5.74, 6) is 2.07. The molecule has 0 saturated heterocycles. The molecular formula is C21H24N2O4. The van der Waals surface area contributed by atoms with Gasteiger partial charge in [-0.1, -0.05) is 0 Å². The van der Waals surface area contributed by atoms with Crippen molar-refractivity contribution < 1.29 is 19.0 Å². The Morgan fingerprint density at radius 1 is 1.07 bits per heavy atom. The van der Waals surface area contributed by atoms with Crippen LogP contribution >= 0.6 is 0 Å². The predicted molar refractivity (Wildman–Crippen MR) is 104 cm³/mol. The minimum absolute atomic E-state index is 0.109. The second-order valence-electron chi connectivity index (χ2n) is 6.23. The lowest BCUT2D eigenvalue weighted by molar-refractivity contribution is -0.130. The van der Waals surface area contributed by atoms with Gasteiger partial charge in [0.15, 0.2) is 0 Å². The van der Waals surface area contributed by atoms with Crippen LogP contribution < -0.4 is 14.2 Å². The topological polar surface area (TPSA) is 60.4 Å². The molecule has 0 aliphatic carbocycles. The molecule has 0 aromatic heterocycles. The summed E-state index contributed by atoms with van der Waals surface area (Å²) in [4.78, 5) is 12.2. The third kappa shape index (κ3) is 4.05. The van der Waals surface area contributed by atoms with Gasteiger partial charge in [-0.05, 0) is 54.4 Å². The highest BCUT2D eigenvalue weighted by Gasteiger charge is 2.32. The molecular weight excluding hydrogens is 344 g/mol. The summed E-state index contributed by atoms with van der Waals surface area (Å²) >= 11 is 0. The fourth-order valence-corrected chi connectivity index (χ4v) is 3.17. The van der Waals surface area contributed by atoms with Crippen LogP contribution in [-0.4, -0.2) is 37.5 Å². The van der Waals surface area contributed by atoms with Crippen LogP contribution in [0.5, 0.6) is 17.2 Å². The molecule has 1 heterocycles. The van der Waals surface area contributed by atoms with Crippen LogP contribution in [0.25, 0.3) is 0 Å². The Labute approximate surface area is 159 Å². The average Bonchev–Trinajstić information content (AvgIpc) is 3.14. The van der Waals surface area contributed by atoms with E-state index >= 15 is 0 Å². The van der Waals surface area contributed by atoms with Crippen molar-refractivity contribution in [3.8, 4) is 17.2 Å². The minimum atomic E-state index is -0.201. The molecule has 1 atom stereocenters. The number of hydrogen-bond acceptors (Lipinski definition) is 5. The molecule has 142 valence electrons. The zero-order valence-electron chi connectivity index (χ0n) is 16.1. The molecule has 0 N–H and O–H groups in total. The number of ether oxygens (including phenoxy) is 3. The molecule has 1 unspecified atom stereocenters. The lowest BCUT2D eigenvalue weighted by atomic mass is 9.98. The second-order valence-corrected chi connectivity index (χ2v) is 6.23. The van der Waals surface area contributed by atoms with Gasteiger partial charge < -0.3 is 14.2 Å². The maximum atomic E-state index is 12.2. The summed E-state index contributed by atoms with van der Waals surface area (Å²) in [7, 11) is 3.22. The lowest BCUT2D eigenvalue weighted by Gasteiger charge is -2.21. The first kappa shape index (κ1) is 18.8. The van der Waals surface area contributed by atoms with Gasteiger partial charge in [-0.25, -0.2) is 5.01 Å². The molecule has 3 rings (SSSR count). The molecule has 6 nitrogen and oxygen atoms in total. The van der Waals surface area contributed by atoms with Gasteiger partial charge in [0.05, 0.1) is 32.6 Å². The van der Waals surface area contributed by atoms with E-state index in [-0.39, 0.29) is 11.9 Å². The summed E-state index contributed by atoms with van der Waals surface area (Å²) in [6.45, 7) is 4.10. The molecule has 0 bridgehead atoms. The fraction of sp³-hybridized carbons (Fsp3) is 0.333. The quantitative estimate of drug-likeness (QED) is 0.778. The first-order chi connectivity index (χ1) is 13.0. The van der Waals surface area contributed by atoms with Crippen molar-refractivity contribution in [3.05, 3.63) is 53.6 Å². The van der Waals surface area contributed by atoms with Crippen molar-refractivity contribution in [2.75, 3.05) is 20.8 Å². The Hall–Kier alpha value is -3.02. The van der Waals surface area contributed by atoms with Gasteiger partial charge in [0, 0.05) is 19.4 Å². The molecule has 2 aromatic rings. The van der Waals surface area contributed by atoms with E-state index in [1.807, 2.05) is 49.4 Å². The summed E-state index contributed by atoms with van der Waals surface area (Å²) < 4.78 is 16.2. The Morgan fingerprint density at radius 2 is 1.70 bits per heavy atom. The zero-order chi connectivity index (χ0) is 19.4. The van der Waals surface area contributed by atoms with Gasteiger partial charge in [0.1, 0.15) is 17.2 Å². The number of benzene rings is 2. The van der Waals surface area contributed by atoms with Crippen molar-refractivity contribution in [2.45, 2.75) is 26.3 Å². The monoisotopic (exact) mass is 368 g/mol. The molecule has 0 spiro atoms. The summed E-state index contributed by atoms with van der Waals surface area (Å²) in [5.41, 5.74) is 2.76. The van der Waals surface area contributed by atoms with Gasteiger partial charge >= 0.3 is 0 Å². The normalized spacial score (nSPS) is 16.1. The van der Waals surface area contributed by atoms with E-state index in [0.717, 1.165) is 22.6 Å². The maximum Gasteiger partial charge on any atom is 0.240 e. The second kappa shape index (κ2) is 8.12.